The molecular weight excluding hydrogens is 348 g/mol. The first kappa shape index (κ1) is 20.0. The van der Waals surface area contributed by atoms with E-state index in [0.717, 1.165) is 0 Å². The molecule has 0 spiro atoms. The van der Waals surface area contributed by atoms with Crippen LogP contribution in [0.1, 0.15) is 0 Å². The monoisotopic (exact) mass is 372 g/mol. The minimum atomic E-state index is -0.573. The zero-order valence-electron chi connectivity index (χ0n) is 16.4. The number of anilines is 1. The lowest BCUT2D eigenvalue weighted by molar-refractivity contribution is -0.135. The first-order chi connectivity index (χ1) is 12.8. The number of amides is 1. The number of hydrogen-bond donors (Lipinski definition) is 0. The molecule has 27 heavy (non-hydrogen) atoms. The molecule has 0 N–H and O–H groups in total. The average Bonchev–Trinajstić information content (AvgIpc) is 2.95. The van der Waals surface area contributed by atoms with Gasteiger partial charge in [-0.15, -0.1) is 0 Å². The summed E-state index contributed by atoms with van der Waals surface area (Å²) in [6, 6.07) is 6.93. The molecule has 1 aromatic rings. The Morgan fingerprint density at radius 2 is 1.70 bits per heavy atom. The summed E-state index contributed by atoms with van der Waals surface area (Å²) in [5, 5.41) is 5.68. The van der Waals surface area contributed by atoms with Crippen LogP contribution in [-0.2, 0) is 14.3 Å². The van der Waals surface area contributed by atoms with Crippen molar-refractivity contribution in [2.75, 3.05) is 47.4 Å². The summed E-state index contributed by atoms with van der Waals surface area (Å²) in [6.07, 6.45) is 3.22. The minimum absolute atomic E-state index is 0.194. The van der Waals surface area contributed by atoms with Crippen LogP contribution in [0.4, 0.5) is 5.69 Å². The van der Waals surface area contributed by atoms with Crippen LogP contribution in [0, 0.1) is 0 Å². The standard InChI is InChI=1S/C19H24N4O4/c1-21(2)11-15-17(16(12-22(3)4)19(25)27-6)20-23(18(15)24)13-7-9-14(26-5)10-8-13/h7-12H,1-6H3/b15-11-,16-12+. The van der Waals surface area contributed by atoms with E-state index in [1.165, 1.54) is 12.1 Å². The lowest BCUT2D eigenvalue weighted by Gasteiger charge is -2.13. The van der Waals surface area contributed by atoms with Gasteiger partial charge in [0.15, 0.2) is 0 Å². The summed E-state index contributed by atoms with van der Waals surface area (Å²) in [4.78, 5) is 28.7. The summed E-state index contributed by atoms with van der Waals surface area (Å²) >= 11 is 0. The Bertz CT molecular complexity index is 808. The highest BCUT2D eigenvalue weighted by molar-refractivity contribution is 6.40. The molecule has 1 amide bonds. The topological polar surface area (TPSA) is 74.7 Å². The van der Waals surface area contributed by atoms with E-state index in [1.54, 1.807) is 81.8 Å². The molecule has 0 radical (unpaired) electrons. The Hall–Kier alpha value is -3.29. The van der Waals surface area contributed by atoms with Gasteiger partial charge >= 0.3 is 5.97 Å². The van der Waals surface area contributed by atoms with Crippen molar-refractivity contribution in [2.24, 2.45) is 5.10 Å². The van der Waals surface area contributed by atoms with Gasteiger partial charge < -0.3 is 19.3 Å². The molecule has 0 unspecified atom stereocenters. The van der Waals surface area contributed by atoms with E-state index in [2.05, 4.69) is 5.10 Å². The molecule has 0 saturated heterocycles. The lowest BCUT2D eigenvalue weighted by Crippen LogP contribution is -2.24. The Kier molecular flexibility index (Phi) is 6.23. The number of carbonyl (C=O) groups is 2. The molecular formula is C19H24N4O4. The van der Waals surface area contributed by atoms with Gasteiger partial charge in [-0.25, -0.2) is 4.79 Å². The van der Waals surface area contributed by atoms with Crippen molar-refractivity contribution < 1.29 is 19.1 Å². The second-order valence-corrected chi connectivity index (χ2v) is 6.27. The lowest BCUT2D eigenvalue weighted by atomic mass is 10.0. The number of hydrazone groups is 1. The van der Waals surface area contributed by atoms with Gasteiger partial charge in [-0.1, -0.05) is 0 Å². The molecule has 8 nitrogen and oxygen atoms in total. The molecule has 0 atom stereocenters. The summed E-state index contributed by atoms with van der Waals surface area (Å²) in [5.41, 5.74) is 1.31. The van der Waals surface area contributed by atoms with Gasteiger partial charge in [-0.05, 0) is 24.3 Å². The number of methoxy groups -OCH3 is 2. The van der Waals surface area contributed by atoms with Crippen LogP contribution in [0.25, 0.3) is 0 Å². The Morgan fingerprint density at radius 3 is 2.19 bits per heavy atom. The first-order valence-corrected chi connectivity index (χ1v) is 8.21. The highest BCUT2D eigenvalue weighted by Gasteiger charge is 2.36. The molecule has 8 heteroatoms. The van der Waals surface area contributed by atoms with Crippen molar-refractivity contribution in [3.8, 4) is 5.75 Å². The van der Waals surface area contributed by atoms with Gasteiger partial charge in [0.1, 0.15) is 17.0 Å². The number of rotatable bonds is 6. The molecule has 0 fully saturated rings. The number of carbonyl (C=O) groups excluding carboxylic acids is 2. The van der Waals surface area contributed by atoms with Crippen LogP contribution >= 0.6 is 0 Å². The van der Waals surface area contributed by atoms with E-state index in [9.17, 15) is 9.59 Å². The fourth-order valence-electron chi connectivity index (χ4n) is 2.47. The zero-order chi connectivity index (χ0) is 20.1. The molecule has 1 aromatic carbocycles. The highest BCUT2D eigenvalue weighted by atomic mass is 16.5. The van der Waals surface area contributed by atoms with Gasteiger partial charge in [0.25, 0.3) is 5.91 Å². The van der Waals surface area contributed by atoms with E-state index >= 15 is 0 Å². The molecule has 144 valence electrons. The third-order valence-corrected chi connectivity index (χ3v) is 3.63. The van der Waals surface area contributed by atoms with Crippen molar-refractivity contribution in [3.63, 3.8) is 0 Å². The van der Waals surface area contributed by atoms with Crippen LogP contribution < -0.4 is 9.75 Å². The summed E-state index contributed by atoms with van der Waals surface area (Å²) in [5.74, 6) is -0.240. The number of esters is 1. The molecule has 1 aliphatic heterocycles. The normalized spacial score (nSPS) is 15.7. The quantitative estimate of drug-likeness (QED) is 0.556. The van der Waals surface area contributed by atoms with Gasteiger partial charge in [0.05, 0.1) is 25.5 Å². The third kappa shape index (κ3) is 4.46. The molecule has 0 aromatic heterocycles. The van der Waals surface area contributed by atoms with Crippen molar-refractivity contribution in [2.45, 2.75) is 0 Å². The summed E-state index contributed by atoms with van der Waals surface area (Å²) < 4.78 is 10.0. The van der Waals surface area contributed by atoms with E-state index in [-0.39, 0.29) is 17.2 Å². The number of nitrogens with zero attached hydrogens (tertiary/aromatic N) is 4. The molecule has 0 bridgehead atoms. The van der Waals surface area contributed by atoms with Crippen LogP contribution in [-0.4, -0.2) is 69.8 Å². The van der Waals surface area contributed by atoms with Crippen LogP contribution in [0.3, 0.4) is 0 Å². The predicted molar refractivity (Wildman–Crippen MR) is 103 cm³/mol. The van der Waals surface area contributed by atoms with Crippen LogP contribution in [0.2, 0.25) is 0 Å². The largest absolute Gasteiger partial charge is 0.497 e. The summed E-state index contributed by atoms with van der Waals surface area (Å²) in [6.45, 7) is 0. The van der Waals surface area contributed by atoms with E-state index in [0.29, 0.717) is 17.0 Å². The van der Waals surface area contributed by atoms with Crippen molar-refractivity contribution in [1.82, 2.24) is 9.80 Å². The van der Waals surface area contributed by atoms with Gasteiger partial charge in [0, 0.05) is 40.6 Å². The van der Waals surface area contributed by atoms with E-state index in [1.807, 2.05) is 0 Å². The average molecular weight is 372 g/mol. The van der Waals surface area contributed by atoms with Crippen LogP contribution in [0.15, 0.2) is 52.9 Å². The van der Waals surface area contributed by atoms with Gasteiger partial charge in [-0.3, -0.25) is 4.79 Å². The zero-order valence-corrected chi connectivity index (χ0v) is 16.4. The molecule has 0 aliphatic carbocycles. The van der Waals surface area contributed by atoms with Gasteiger partial charge in [-0.2, -0.15) is 10.1 Å². The molecule has 2 rings (SSSR count). The minimum Gasteiger partial charge on any atom is -0.497 e. The maximum Gasteiger partial charge on any atom is 0.341 e. The second kappa shape index (κ2) is 8.39. The van der Waals surface area contributed by atoms with E-state index < -0.39 is 5.97 Å². The number of hydrogen-bond acceptors (Lipinski definition) is 7. The highest BCUT2D eigenvalue weighted by Crippen LogP contribution is 2.28. The first-order valence-electron chi connectivity index (χ1n) is 8.21. The number of ether oxygens (including phenoxy) is 2. The Labute approximate surface area is 158 Å². The van der Waals surface area contributed by atoms with Gasteiger partial charge in [0.2, 0.25) is 0 Å². The summed E-state index contributed by atoms with van der Waals surface area (Å²) in [7, 11) is 10.00. The SMILES string of the molecule is COC(=O)/C(=C/N(C)C)C1=NN(c2ccc(OC)cc2)C(=O)/C1=C\N(C)C. The Balaban J connectivity index is 2.58. The predicted octanol–water partition coefficient (Wildman–Crippen LogP) is 1.46. The van der Waals surface area contributed by atoms with Crippen molar-refractivity contribution in [3.05, 3.63) is 47.8 Å². The van der Waals surface area contributed by atoms with Crippen LogP contribution in [0.5, 0.6) is 5.75 Å². The molecule has 1 aliphatic rings. The van der Waals surface area contributed by atoms with E-state index in [4.69, 9.17) is 9.47 Å². The van der Waals surface area contributed by atoms with Crippen molar-refractivity contribution in [1.29, 1.82) is 0 Å². The third-order valence-electron chi connectivity index (χ3n) is 3.63. The maximum atomic E-state index is 13.0. The molecule has 1 heterocycles. The maximum absolute atomic E-state index is 13.0. The Morgan fingerprint density at radius 1 is 1.07 bits per heavy atom. The number of benzene rings is 1. The second-order valence-electron chi connectivity index (χ2n) is 6.27. The van der Waals surface area contributed by atoms with Crippen molar-refractivity contribution >= 4 is 23.3 Å². The molecule has 0 saturated carbocycles. The fraction of sp³-hybridized carbons (Fsp3) is 0.316. The fourth-order valence-corrected chi connectivity index (χ4v) is 2.47. The smallest absolute Gasteiger partial charge is 0.341 e.